The molecule has 116 valence electrons. The number of aromatic amines is 1. The molecule has 0 atom stereocenters. The van der Waals surface area contributed by atoms with E-state index in [1.165, 1.54) is 11.1 Å². The van der Waals surface area contributed by atoms with Crippen molar-refractivity contribution < 1.29 is 4.74 Å². The molecule has 2 N–H and O–H groups in total. The van der Waals surface area contributed by atoms with Crippen molar-refractivity contribution in [3.8, 4) is 5.75 Å². The molecule has 0 unspecified atom stereocenters. The van der Waals surface area contributed by atoms with Crippen LogP contribution in [0.4, 0.5) is 5.82 Å². The van der Waals surface area contributed by atoms with Gasteiger partial charge in [-0.15, -0.1) is 0 Å². The molecule has 0 amide bonds. The number of hydrogen-bond donors (Lipinski definition) is 2. The third-order valence-electron chi connectivity index (χ3n) is 4.09. The van der Waals surface area contributed by atoms with Crippen molar-refractivity contribution in [3.05, 3.63) is 51.6 Å². The molecule has 22 heavy (non-hydrogen) atoms. The predicted octanol–water partition coefficient (Wildman–Crippen LogP) is 2.31. The zero-order chi connectivity index (χ0) is 15.4. The Morgan fingerprint density at radius 1 is 1.18 bits per heavy atom. The zero-order valence-corrected chi connectivity index (χ0v) is 12.8. The molecule has 2 heterocycles. The molecule has 1 aliphatic rings. The van der Waals surface area contributed by atoms with Gasteiger partial charge in [0.05, 0.1) is 7.11 Å². The van der Waals surface area contributed by atoms with Gasteiger partial charge in [0.15, 0.2) is 0 Å². The summed E-state index contributed by atoms with van der Waals surface area (Å²) in [6.07, 6.45) is 4.92. The summed E-state index contributed by atoms with van der Waals surface area (Å²) in [6.45, 7) is 0.890. The first-order valence-corrected chi connectivity index (χ1v) is 7.75. The van der Waals surface area contributed by atoms with Crippen molar-refractivity contribution in [1.82, 2.24) is 9.97 Å². The van der Waals surface area contributed by atoms with Crippen molar-refractivity contribution in [2.24, 2.45) is 0 Å². The first-order valence-electron chi connectivity index (χ1n) is 7.75. The maximum atomic E-state index is 11.7. The summed E-state index contributed by atoms with van der Waals surface area (Å²) < 4.78 is 5.17. The molecular weight excluding hydrogens is 278 g/mol. The number of rotatable bonds is 4. The fraction of sp³-hybridized carbons (Fsp3) is 0.412. The molecule has 0 fully saturated rings. The lowest BCUT2D eigenvalue weighted by Crippen LogP contribution is -2.19. The van der Waals surface area contributed by atoms with Crippen LogP contribution in [0.5, 0.6) is 5.75 Å². The molecule has 1 aliphatic heterocycles. The Morgan fingerprint density at radius 2 is 2.00 bits per heavy atom. The number of nitrogens with one attached hydrogen (secondary N) is 2. The van der Waals surface area contributed by atoms with Gasteiger partial charge in [0, 0.05) is 17.8 Å². The van der Waals surface area contributed by atoms with Crippen molar-refractivity contribution >= 4 is 5.82 Å². The lowest BCUT2D eigenvalue weighted by Gasteiger charge is -2.11. The Hall–Kier alpha value is -2.30. The number of ether oxygens (including phenoxy) is 1. The average molecular weight is 299 g/mol. The third kappa shape index (κ3) is 3.30. The molecule has 3 rings (SSSR count). The number of nitrogens with zero attached hydrogens (tertiary/aromatic N) is 1. The smallest absolute Gasteiger partial charge is 0.347 e. The minimum Gasteiger partial charge on any atom is -0.497 e. The van der Waals surface area contributed by atoms with Crippen LogP contribution >= 0.6 is 0 Å². The van der Waals surface area contributed by atoms with Crippen molar-refractivity contribution in [2.75, 3.05) is 19.0 Å². The van der Waals surface area contributed by atoms with Gasteiger partial charge in [0.1, 0.15) is 11.6 Å². The Balaban J connectivity index is 1.79. The van der Waals surface area contributed by atoms with Crippen molar-refractivity contribution in [1.29, 1.82) is 0 Å². The molecule has 0 bridgehead atoms. The maximum Gasteiger partial charge on any atom is 0.347 e. The van der Waals surface area contributed by atoms with Gasteiger partial charge < -0.3 is 15.0 Å². The Kier molecular flexibility index (Phi) is 4.42. The number of aromatic nitrogens is 2. The minimum atomic E-state index is -0.266. The number of benzene rings is 1. The van der Waals surface area contributed by atoms with Crippen LogP contribution in [0.25, 0.3) is 0 Å². The molecule has 0 saturated carbocycles. The van der Waals surface area contributed by atoms with Gasteiger partial charge >= 0.3 is 5.69 Å². The Labute approximate surface area is 129 Å². The molecule has 1 aromatic carbocycles. The van der Waals surface area contributed by atoms with Gasteiger partial charge in [-0.3, -0.25) is 0 Å². The second-order valence-electron chi connectivity index (χ2n) is 5.58. The highest BCUT2D eigenvalue weighted by Crippen LogP contribution is 2.21. The molecule has 0 radical (unpaired) electrons. The molecule has 5 nitrogen and oxygen atoms in total. The van der Waals surface area contributed by atoms with Crippen LogP contribution in [0.2, 0.25) is 0 Å². The standard InChI is InChI=1S/C17H21N3O2/c1-22-13-8-5-12(6-9-13)7-10-15-14-4-2-3-11-18-16(14)20-17(21)19-15/h5-6,8-9H,2-4,7,10-11H2,1H3,(H2,18,19,20,21). The molecular formula is C17H21N3O2. The lowest BCUT2D eigenvalue weighted by molar-refractivity contribution is 0.414. The third-order valence-corrected chi connectivity index (χ3v) is 4.09. The molecule has 0 saturated heterocycles. The Bertz CT molecular complexity index is 692. The summed E-state index contributed by atoms with van der Waals surface area (Å²) in [6, 6.07) is 8.06. The second-order valence-corrected chi connectivity index (χ2v) is 5.58. The first kappa shape index (κ1) is 14.6. The summed E-state index contributed by atoms with van der Waals surface area (Å²) in [5, 5.41) is 3.27. The van der Waals surface area contributed by atoms with Crippen LogP contribution in [0, 0.1) is 0 Å². The van der Waals surface area contributed by atoms with E-state index in [0.717, 1.165) is 55.9 Å². The topological polar surface area (TPSA) is 67.0 Å². The van der Waals surface area contributed by atoms with Gasteiger partial charge in [-0.05, 0) is 49.8 Å². The van der Waals surface area contributed by atoms with Crippen LogP contribution in [-0.4, -0.2) is 23.6 Å². The van der Waals surface area contributed by atoms with Gasteiger partial charge in [-0.1, -0.05) is 12.1 Å². The van der Waals surface area contributed by atoms with E-state index in [1.54, 1.807) is 7.11 Å². The fourth-order valence-corrected chi connectivity index (χ4v) is 2.87. The van der Waals surface area contributed by atoms with Crippen LogP contribution < -0.4 is 15.7 Å². The van der Waals surface area contributed by atoms with E-state index in [4.69, 9.17) is 4.74 Å². The van der Waals surface area contributed by atoms with Gasteiger partial charge in [-0.25, -0.2) is 4.79 Å². The highest BCUT2D eigenvalue weighted by atomic mass is 16.5. The molecule has 0 spiro atoms. The summed E-state index contributed by atoms with van der Waals surface area (Å²) in [5.74, 6) is 1.63. The zero-order valence-electron chi connectivity index (χ0n) is 12.8. The summed E-state index contributed by atoms with van der Waals surface area (Å²) in [5.41, 5.74) is 3.15. The number of hydrogen-bond acceptors (Lipinski definition) is 4. The summed E-state index contributed by atoms with van der Waals surface area (Å²) in [7, 11) is 1.67. The van der Waals surface area contributed by atoms with Crippen LogP contribution in [0.1, 0.15) is 29.7 Å². The summed E-state index contributed by atoms with van der Waals surface area (Å²) >= 11 is 0. The normalized spacial score (nSPS) is 13.9. The van der Waals surface area contributed by atoms with E-state index in [9.17, 15) is 4.79 Å². The molecule has 0 aliphatic carbocycles. The van der Waals surface area contributed by atoms with Crippen LogP contribution in [0.15, 0.2) is 29.1 Å². The quantitative estimate of drug-likeness (QED) is 0.909. The van der Waals surface area contributed by atoms with Crippen molar-refractivity contribution in [2.45, 2.75) is 32.1 Å². The van der Waals surface area contributed by atoms with E-state index in [-0.39, 0.29) is 5.69 Å². The molecule has 1 aromatic heterocycles. The maximum absolute atomic E-state index is 11.7. The van der Waals surface area contributed by atoms with Crippen LogP contribution in [0.3, 0.4) is 0 Å². The second kappa shape index (κ2) is 6.64. The van der Waals surface area contributed by atoms with E-state index in [1.807, 2.05) is 12.1 Å². The van der Waals surface area contributed by atoms with E-state index in [0.29, 0.717) is 0 Å². The number of anilines is 1. The Morgan fingerprint density at radius 3 is 2.77 bits per heavy atom. The first-order chi connectivity index (χ1) is 10.8. The van der Waals surface area contributed by atoms with E-state index < -0.39 is 0 Å². The largest absolute Gasteiger partial charge is 0.497 e. The van der Waals surface area contributed by atoms with Gasteiger partial charge in [0.2, 0.25) is 0 Å². The molecule has 2 aromatic rings. The number of H-pyrrole nitrogens is 1. The van der Waals surface area contributed by atoms with Crippen molar-refractivity contribution in [3.63, 3.8) is 0 Å². The van der Waals surface area contributed by atoms with Gasteiger partial charge in [-0.2, -0.15) is 4.98 Å². The summed E-state index contributed by atoms with van der Waals surface area (Å²) in [4.78, 5) is 18.7. The molecule has 5 heteroatoms. The number of fused-ring (bicyclic) bond motifs is 1. The van der Waals surface area contributed by atoms with E-state index in [2.05, 4.69) is 27.4 Å². The monoisotopic (exact) mass is 299 g/mol. The van der Waals surface area contributed by atoms with E-state index >= 15 is 0 Å². The minimum absolute atomic E-state index is 0.266. The highest BCUT2D eigenvalue weighted by Gasteiger charge is 2.14. The highest BCUT2D eigenvalue weighted by molar-refractivity contribution is 5.47. The van der Waals surface area contributed by atoms with Gasteiger partial charge in [0.25, 0.3) is 0 Å². The lowest BCUT2D eigenvalue weighted by atomic mass is 10.0. The van der Waals surface area contributed by atoms with Crippen LogP contribution in [-0.2, 0) is 19.3 Å². The number of aryl methyl sites for hydroxylation is 2. The fourth-order valence-electron chi connectivity index (χ4n) is 2.87. The average Bonchev–Trinajstić information content (AvgIpc) is 2.78. The SMILES string of the molecule is COc1ccc(CCc2[nH]c(=O)nc3c2CCCCN3)cc1. The number of methoxy groups -OCH3 is 1. The predicted molar refractivity (Wildman–Crippen MR) is 86.7 cm³/mol.